The first-order valence-corrected chi connectivity index (χ1v) is 28.3. The molecule has 0 saturated heterocycles. The van der Waals surface area contributed by atoms with Crippen LogP contribution in [0.2, 0.25) is 0 Å². The third-order valence-corrected chi connectivity index (χ3v) is 18.5. The molecule has 7 heteroatoms. The van der Waals surface area contributed by atoms with Crippen molar-refractivity contribution in [3.05, 3.63) is 224 Å². The number of furan rings is 2. The molecule has 77 heavy (non-hydrogen) atoms. The Balaban J connectivity index is 1.08. The molecule has 2 aliphatic heterocycles. The molecule has 13 aromatic rings. The van der Waals surface area contributed by atoms with E-state index in [0.29, 0.717) is 0 Å². The average molecular weight is 1030 g/mol. The maximum atomic E-state index is 6.26. The summed E-state index contributed by atoms with van der Waals surface area (Å²) < 4.78 is 15.1. The first kappa shape index (κ1) is 46.0. The number of hydrogen-bond donors (Lipinski definition) is 0. The van der Waals surface area contributed by atoms with E-state index in [2.05, 4.69) is 239 Å². The molecule has 9 aromatic carbocycles. The molecule has 0 unspecified atom stereocenters. The van der Waals surface area contributed by atoms with E-state index >= 15 is 0 Å². The SMILES string of the molecule is CC(C)(C)c1ccc2sc3c(c2c1)B1c2c(cccc2N(c2cc(-c4coc5ccccc45)ccc2-c2ccccc2)c2sc4ccc(C(C)(C)C)cc4c21)N3c1cc(-c2coc3ccccc23)ccc1-c1ccccc1. The Kier molecular flexibility index (Phi) is 10.2. The van der Waals surface area contributed by atoms with Crippen LogP contribution in [-0.2, 0) is 10.8 Å². The molecule has 370 valence electrons. The molecule has 0 spiro atoms. The summed E-state index contributed by atoms with van der Waals surface area (Å²) >= 11 is 3.84. The van der Waals surface area contributed by atoms with Gasteiger partial charge in [-0.1, -0.05) is 193 Å². The summed E-state index contributed by atoms with van der Waals surface area (Å²) in [4.78, 5) is 5.26. The van der Waals surface area contributed by atoms with Gasteiger partial charge in [0.15, 0.2) is 0 Å². The summed E-state index contributed by atoms with van der Waals surface area (Å²) in [7, 11) is 0. The van der Waals surface area contributed by atoms with E-state index in [1.807, 2.05) is 47.3 Å². The fraction of sp³-hybridized carbons (Fsp3) is 0.114. The third kappa shape index (κ3) is 7.17. The van der Waals surface area contributed by atoms with Crippen molar-refractivity contribution in [2.24, 2.45) is 0 Å². The topological polar surface area (TPSA) is 32.8 Å². The van der Waals surface area contributed by atoms with Crippen molar-refractivity contribution >= 4 is 121 Å². The number of anilines is 6. The van der Waals surface area contributed by atoms with Crippen LogP contribution in [0.5, 0.6) is 0 Å². The Morgan fingerprint density at radius 1 is 0.351 bits per heavy atom. The molecule has 0 saturated carbocycles. The first-order valence-electron chi connectivity index (χ1n) is 26.7. The summed E-state index contributed by atoms with van der Waals surface area (Å²) in [6, 6.07) is 74.3. The van der Waals surface area contributed by atoms with Gasteiger partial charge in [0.1, 0.15) is 11.2 Å². The first-order chi connectivity index (χ1) is 37.5. The minimum absolute atomic E-state index is 0.0625. The lowest BCUT2D eigenvalue weighted by molar-refractivity contribution is 0.591. The maximum Gasteiger partial charge on any atom is 0.256 e. The van der Waals surface area contributed by atoms with Gasteiger partial charge >= 0.3 is 0 Å². The van der Waals surface area contributed by atoms with Crippen molar-refractivity contribution in [1.82, 2.24) is 0 Å². The normalized spacial score (nSPS) is 13.2. The van der Waals surface area contributed by atoms with E-state index in [0.717, 1.165) is 77.8 Å². The Morgan fingerprint density at radius 3 is 1.22 bits per heavy atom. The zero-order chi connectivity index (χ0) is 51.9. The fourth-order valence-corrected chi connectivity index (χ4v) is 14.8. The van der Waals surface area contributed by atoms with Crippen LogP contribution in [0.25, 0.3) is 86.6 Å². The van der Waals surface area contributed by atoms with Crippen molar-refractivity contribution in [2.45, 2.75) is 52.4 Å². The largest absolute Gasteiger partial charge is 0.464 e. The molecule has 0 aliphatic carbocycles. The number of rotatable bonds is 6. The van der Waals surface area contributed by atoms with Gasteiger partial charge in [0.2, 0.25) is 0 Å². The Labute approximate surface area is 457 Å². The van der Waals surface area contributed by atoms with Gasteiger partial charge in [0.25, 0.3) is 6.71 Å². The molecule has 15 rings (SSSR count). The van der Waals surface area contributed by atoms with Crippen LogP contribution in [0, 0.1) is 0 Å². The predicted molar refractivity (Wildman–Crippen MR) is 330 cm³/mol. The number of para-hydroxylation sites is 2. The summed E-state index contributed by atoms with van der Waals surface area (Å²) in [5, 5.41) is 7.32. The Hall–Kier alpha value is -8.36. The summed E-state index contributed by atoms with van der Waals surface area (Å²) in [5.41, 5.74) is 21.9. The molecule has 0 N–H and O–H groups in total. The average Bonchev–Trinajstić information content (AvgIpc) is 4.27. The van der Waals surface area contributed by atoms with E-state index in [4.69, 9.17) is 8.83 Å². The molecule has 0 fully saturated rings. The number of fused-ring (bicyclic) bond motifs is 10. The second-order valence-corrected chi connectivity index (χ2v) is 24.9. The van der Waals surface area contributed by atoms with Gasteiger partial charge < -0.3 is 18.6 Å². The summed E-state index contributed by atoms with van der Waals surface area (Å²) in [5.74, 6) is 0. The van der Waals surface area contributed by atoms with Crippen molar-refractivity contribution < 1.29 is 8.83 Å². The van der Waals surface area contributed by atoms with Crippen molar-refractivity contribution in [1.29, 1.82) is 0 Å². The standard InChI is InChI=1S/C70H53BN2O2S2/c1-69(2,3)46-30-34-62-52(38-46)64-67(76-62)72(58-36-44(28-32-48(58)42-18-9-7-10-19-42)54-40-74-60-26-15-13-22-50(54)60)56-24-17-25-57-66(56)71(64)65-53-39-47(70(4,5)6)31-35-63(53)77-68(65)73(57)59-37-45(29-33-49(59)43-20-11-8-12-21-43)55-41-75-61-27-16-14-23-51(55)61/h7-41H,1-6H3. The molecule has 0 bridgehead atoms. The van der Waals surface area contributed by atoms with Gasteiger partial charge in [0.05, 0.1) is 33.9 Å². The van der Waals surface area contributed by atoms with Crippen LogP contribution in [-0.4, -0.2) is 6.71 Å². The number of benzene rings is 9. The molecular weight excluding hydrogens is 976 g/mol. The molecule has 4 aromatic heterocycles. The van der Waals surface area contributed by atoms with Crippen molar-refractivity contribution in [3.63, 3.8) is 0 Å². The van der Waals surface area contributed by atoms with Gasteiger partial charge in [-0.3, -0.25) is 0 Å². The molecule has 6 heterocycles. The summed E-state index contributed by atoms with van der Waals surface area (Å²) in [6.45, 7) is 13.9. The van der Waals surface area contributed by atoms with E-state index in [1.54, 1.807) is 0 Å². The third-order valence-electron chi connectivity index (χ3n) is 16.2. The van der Waals surface area contributed by atoms with Crippen LogP contribution in [0.3, 0.4) is 0 Å². The molecule has 0 radical (unpaired) electrons. The zero-order valence-electron chi connectivity index (χ0n) is 43.8. The van der Waals surface area contributed by atoms with Crippen LogP contribution in [0.15, 0.2) is 222 Å². The minimum atomic E-state index is -0.0889. The van der Waals surface area contributed by atoms with Gasteiger partial charge in [-0.2, -0.15) is 0 Å². The highest BCUT2D eigenvalue weighted by atomic mass is 32.1. The molecule has 4 nitrogen and oxygen atoms in total. The number of thiophene rings is 2. The van der Waals surface area contributed by atoms with Crippen LogP contribution in [0.4, 0.5) is 32.8 Å². The fourth-order valence-electron chi connectivity index (χ4n) is 12.3. The Morgan fingerprint density at radius 2 is 0.779 bits per heavy atom. The molecule has 2 aliphatic rings. The second-order valence-electron chi connectivity index (χ2n) is 22.9. The van der Waals surface area contributed by atoms with E-state index in [9.17, 15) is 0 Å². The monoisotopic (exact) mass is 1030 g/mol. The van der Waals surface area contributed by atoms with Gasteiger partial charge in [-0.25, -0.2) is 0 Å². The molecular formula is C70H53BN2O2S2. The van der Waals surface area contributed by atoms with Crippen LogP contribution >= 0.6 is 22.7 Å². The highest BCUT2D eigenvalue weighted by molar-refractivity contribution is 7.29. The van der Waals surface area contributed by atoms with Crippen molar-refractivity contribution in [3.8, 4) is 44.5 Å². The molecule has 0 atom stereocenters. The lowest BCUT2D eigenvalue weighted by Gasteiger charge is -2.43. The van der Waals surface area contributed by atoms with Gasteiger partial charge in [-0.15, -0.1) is 22.7 Å². The quantitative estimate of drug-likeness (QED) is 0.155. The van der Waals surface area contributed by atoms with Crippen molar-refractivity contribution in [2.75, 3.05) is 9.80 Å². The Bertz CT molecular complexity index is 4220. The number of hydrogen-bond acceptors (Lipinski definition) is 6. The van der Waals surface area contributed by atoms with Gasteiger partial charge in [0, 0.05) is 53.8 Å². The van der Waals surface area contributed by atoms with Gasteiger partial charge in [-0.05, 0) is 120 Å². The van der Waals surface area contributed by atoms with E-state index in [-0.39, 0.29) is 17.5 Å². The van der Waals surface area contributed by atoms with E-state index in [1.165, 1.54) is 69.1 Å². The molecule has 0 amide bonds. The number of nitrogens with zero attached hydrogens (tertiary/aromatic N) is 2. The van der Waals surface area contributed by atoms with Crippen LogP contribution < -0.4 is 26.2 Å². The summed E-state index contributed by atoms with van der Waals surface area (Å²) in [6.07, 6.45) is 3.86. The second kappa shape index (κ2) is 17.1. The predicted octanol–water partition coefficient (Wildman–Crippen LogP) is 19.0. The zero-order valence-corrected chi connectivity index (χ0v) is 45.4. The lowest BCUT2D eigenvalue weighted by atomic mass is 9.33. The maximum absolute atomic E-state index is 6.26. The van der Waals surface area contributed by atoms with E-state index < -0.39 is 0 Å². The highest BCUT2D eigenvalue weighted by Crippen LogP contribution is 2.54. The van der Waals surface area contributed by atoms with Crippen LogP contribution in [0.1, 0.15) is 52.7 Å². The highest BCUT2D eigenvalue weighted by Gasteiger charge is 2.48. The smallest absolute Gasteiger partial charge is 0.256 e. The lowest BCUT2D eigenvalue weighted by Crippen LogP contribution is -2.60. The minimum Gasteiger partial charge on any atom is -0.464 e.